The Morgan fingerprint density at radius 1 is 0.818 bits per heavy atom. The number of benzene rings is 2. The minimum Gasteiger partial charge on any atom is -0.385 e. The molecule has 2 heteroatoms. The summed E-state index contributed by atoms with van der Waals surface area (Å²) in [6.07, 6.45) is 0. The van der Waals surface area contributed by atoms with E-state index in [0.29, 0.717) is 5.92 Å². The van der Waals surface area contributed by atoms with Crippen molar-refractivity contribution in [1.82, 2.24) is 0 Å². The monoisotopic (exact) mass is 298 g/mol. The third-order valence-electron chi connectivity index (χ3n) is 3.38. The van der Waals surface area contributed by atoms with Crippen LogP contribution in [0, 0.1) is 6.92 Å². The van der Waals surface area contributed by atoms with Crippen LogP contribution in [-0.4, -0.2) is 13.1 Å². The van der Waals surface area contributed by atoms with Gasteiger partial charge in [-0.25, -0.2) is 0 Å². The molecule has 0 aliphatic heterocycles. The molecule has 0 aliphatic rings. The molecule has 22 heavy (non-hydrogen) atoms. The number of nitrogens with one attached hydrogen (secondary N) is 2. The zero-order chi connectivity index (χ0) is 16.4. The Morgan fingerprint density at radius 3 is 1.95 bits per heavy atom. The van der Waals surface area contributed by atoms with Crippen LogP contribution in [0.25, 0.3) is 0 Å². The van der Waals surface area contributed by atoms with E-state index in [1.54, 1.807) is 0 Å². The van der Waals surface area contributed by atoms with Crippen molar-refractivity contribution in [2.24, 2.45) is 0 Å². The quantitative estimate of drug-likeness (QED) is 0.743. The summed E-state index contributed by atoms with van der Waals surface area (Å²) in [4.78, 5) is 0. The van der Waals surface area contributed by atoms with Crippen LogP contribution in [0.4, 0.5) is 11.4 Å². The van der Waals surface area contributed by atoms with Crippen molar-refractivity contribution in [3.8, 4) is 0 Å². The zero-order valence-electron chi connectivity index (χ0n) is 14.6. The molecule has 0 bridgehead atoms. The summed E-state index contributed by atoms with van der Waals surface area (Å²) < 4.78 is 0. The highest BCUT2D eigenvalue weighted by Crippen LogP contribution is 2.23. The normalized spacial score (nSPS) is 9.91. The molecule has 0 spiro atoms. The molecule has 0 heterocycles. The van der Waals surface area contributed by atoms with Crippen LogP contribution in [0.1, 0.15) is 44.7 Å². The van der Waals surface area contributed by atoms with Gasteiger partial charge in [-0.15, -0.1) is 0 Å². The maximum Gasteiger partial charge on any atom is 0.0375 e. The van der Waals surface area contributed by atoms with E-state index in [0.717, 1.165) is 13.1 Å². The van der Waals surface area contributed by atoms with Crippen molar-refractivity contribution < 1.29 is 0 Å². The molecule has 120 valence electrons. The second kappa shape index (κ2) is 9.88. The van der Waals surface area contributed by atoms with Gasteiger partial charge in [0.1, 0.15) is 0 Å². The second-order valence-electron chi connectivity index (χ2n) is 5.67. The van der Waals surface area contributed by atoms with E-state index < -0.39 is 0 Å². The lowest BCUT2D eigenvalue weighted by atomic mass is 10.0. The van der Waals surface area contributed by atoms with Gasteiger partial charge in [-0.05, 0) is 50.5 Å². The van der Waals surface area contributed by atoms with Gasteiger partial charge in [0.05, 0.1) is 0 Å². The van der Waals surface area contributed by atoms with Gasteiger partial charge in [0.2, 0.25) is 0 Å². The van der Waals surface area contributed by atoms with Crippen LogP contribution in [0.15, 0.2) is 48.5 Å². The third-order valence-corrected chi connectivity index (χ3v) is 3.38. The highest BCUT2D eigenvalue weighted by Gasteiger charge is 2.03. The molecular weight excluding hydrogens is 268 g/mol. The molecule has 2 aromatic carbocycles. The molecule has 2 aromatic rings. The number of rotatable bonds is 5. The van der Waals surface area contributed by atoms with Crippen molar-refractivity contribution in [3.05, 3.63) is 59.7 Å². The van der Waals surface area contributed by atoms with Crippen molar-refractivity contribution in [2.45, 2.75) is 40.5 Å². The van der Waals surface area contributed by atoms with Crippen molar-refractivity contribution in [2.75, 3.05) is 23.7 Å². The standard InChI is InChI=1S/C11H17N.C9H13N/c1-4-12-11-8-6-5-7-10(11)9(2)3;1-3-10-9-6-4-8(2)5-7-9/h5-9,12H,4H2,1-3H3;4-7,10H,3H2,1-2H3. The van der Waals surface area contributed by atoms with Crippen LogP contribution in [0.3, 0.4) is 0 Å². The van der Waals surface area contributed by atoms with E-state index in [1.807, 2.05) is 0 Å². The van der Waals surface area contributed by atoms with Crippen LogP contribution in [0.5, 0.6) is 0 Å². The molecule has 0 saturated heterocycles. The fourth-order valence-electron chi connectivity index (χ4n) is 2.23. The molecule has 2 N–H and O–H groups in total. The van der Waals surface area contributed by atoms with E-state index in [-0.39, 0.29) is 0 Å². The van der Waals surface area contributed by atoms with E-state index in [1.165, 1.54) is 22.5 Å². The summed E-state index contributed by atoms with van der Waals surface area (Å²) >= 11 is 0. The average molecular weight is 298 g/mol. The highest BCUT2D eigenvalue weighted by molar-refractivity contribution is 5.52. The smallest absolute Gasteiger partial charge is 0.0375 e. The topological polar surface area (TPSA) is 24.1 Å². The number of hydrogen-bond donors (Lipinski definition) is 2. The summed E-state index contributed by atoms with van der Waals surface area (Å²) in [6, 6.07) is 16.9. The summed E-state index contributed by atoms with van der Waals surface area (Å²) in [6.45, 7) is 12.7. The fourth-order valence-corrected chi connectivity index (χ4v) is 2.23. The van der Waals surface area contributed by atoms with Gasteiger partial charge in [-0.1, -0.05) is 49.7 Å². The maximum absolute atomic E-state index is 3.36. The summed E-state index contributed by atoms with van der Waals surface area (Å²) in [5, 5.41) is 6.59. The van der Waals surface area contributed by atoms with E-state index in [4.69, 9.17) is 0 Å². The highest BCUT2D eigenvalue weighted by atomic mass is 14.9. The lowest BCUT2D eigenvalue weighted by molar-refractivity contribution is 0.866. The SMILES string of the molecule is CCNc1ccc(C)cc1.CCNc1ccccc1C(C)C. The van der Waals surface area contributed by atoms with E-state index >= 15 is 0 Å². The van der Waals surface area contributed by atoms with Crippen LogP contribution in [0.2, 0.25) is 0 Å². The Kier molecular flexibility index (Phi) is 8.13. The molecule has 2 nitrogen and oxygen atoms in total. The van der Waals surface area contributed by atoms with Crippen molar-refractivity contribution >= 4 is 11.4 Å². The Morgan fingerprint density at radius 2 is 1.41 bits per heavy atom. The Hall–Kier alpha value is -1.96. The molecule has 0 fully saturated rings. The number of aryl methyl sites for hydroxylation is 1. The van der Waals surface area contributed by atoms with Gasteiger partial charge in [-0.2, -0.15) is 0 Å². The van der Waals surface area contributed by atoms with Crippen LogP contribution in [-0.2, 0) is 0 Å². The molecular formula is C20H30N2. The maximum atomic E-state index is 3.36. The largest absolute Gasteiger partial charge is 0.385 e. The van der Waals surface area contributed by atoms with Crippen LogP contribution >= 0.6 is 0 Å². The second-order valence-corrected chi connectivity index (χ2v) is 5.67. The first-order valence-electron chi connectivity index (χ1n) is 8.21. The minimum atomic E-state index is 0.597. The van der Waals surface area contributed by atoms with Gasteiger partial charge in [0, 0.05) is 24.5 Å². The first-order valence-corrected chi connectivity index (χ1v) is 8.21. The van der Waals surface area contributed by atoms with E-state index in [9.17, 15) is 0 Å². The van der Waals surface area contributed by atoms with Gasteiger partial charge >= 0.3 is 0 Å². The predicted molar refractivity (Wildman–Crippen MR) is 100 cm³/mol. The van der Waals surface area contributed by atoms with Crippen LogP contribution < -0.4 is 10.6 Å². The molecule has 0 unspecified atom stereocenters. The Bertz CT molecular complexity index is 530. The third kappa shape index (κ3) is 6.21. The Labute approximate surface area is 136 Å². The molecule has 0 radical (unpaired) electrons. The van der Waals surface area contributed by atoms with E-state index in [2.05, 4.69) is 93.8 Å². The molecule has 0 aromatic heterocycles. The lowest BCUT2D eigenvalue weighted by Gasteiger charge is -2.12. The van der Waals surface area contributed by atoms with Gasteiger partial charge in [-0.3, -0.25) is 0 Å². The molecule has 2 rings (SSSR count). The van der Waals surface area contributed by atoms with Gasteiger partial charge in [0.25, 0.3) is 0 Å². The van der Waals surface area contributed by atoms with Crippen molar-refractivity contribution in [1.29, 1.82) is 0 Å². The molecule has 0 atom stereocenters. The summed E-state index contributed by atoms with van der Waals surface area (Å²) in [5.74, 6) is 0.597. The molecule has 0 saturated carbocycles. The fraction of sp³-hybridized carbons (Fsp3) is 0.400. The average Bonchev–Trinajstić information content (AvgIpc) is 2.51. The molecule has 0 aliphatic carbocycles. The van der Waals surface area contributed by atoms with Gasteiger partial charge < -0.3 is 10.6 Å². The summed E-state index contributed by atoms with van der Waals surface area (Å²) in [5.41, 5.74) is 5.18. The number of para-hydroxylation sites is 1. The predicted octanol–water partition coefficient (Wildman–Crippen LogP) is 5.67. The Balaban J connectivity index is 0.000000224. The van der Waals surface area contributed by atoms with Crippen molar-refractivity contribution in [3.63, 3.8) is 0 Å². The first-order chi connectivity index (χ1) is 10.6. The lowest BCUT2D eigenvalue weighted by Crippen LogP contribution is -2.01. The van der Waals surface area contributed by atoms with Gasteiger partial charge in [0.15, 0.2) is 0 Å². The zero-order valence-corrected chi connectivity index (χ0v) is 14.6. The number of anilines is 2. The minimum absolute atomic E-state index is 0.597. The number of hydrogen-bond acceptors (Lipinski definition) is 2. The summed E-state index contributed by atoms with van der Waals surface area (Å²) in [7, 11) is 0. The first kappa shape index (κ1) is 18.1. The molecule has 0 amide bonds.